The van der Waals surface area contributed by atoms with E-state index in [-0.39, 0.29) is 12.0 Å². The fraction of sp³-hybridized carbons (Fsp3) is 0.444. The van der Waals surface area contributed by atoms with Crippen molar-refractivity contribution in [3.63, 3.8) is 0 Å². The summed E-state index contributed by atoms with van der Waals surface area (Å²) in [4.78, 5) is 11.7. The Morgan fingerprint density at radius 2 is 2.33 bits per heavy atom. The molecule has 0 radical (unpaired) electrons. The molecule has 1 rings (SSSR count). The molecular formula is C9H11Br2NO2S. The van der Waals surface area contributed by atoms with Crippen molar-refractivity contribution in [2.75, 3.05) is 13.7 Å². The Hall–Kier alpha value is 0.0900. The van der Waals surface area contributed by atoms with Gasteiger partial charge in [0.05, 0.1) is 19.2 Å². The molecule has 0 aliphatic rings. The molecule has 0 aromatic carbocycles. The Bertz CT molecular complexity index is 354. The molecule has 3 nitrogen and oxygen atoms in total. The maximum atomic E-state index is 11.7. The normalized spacial score (nSPS) is 12.5. The highest BCUT2D eigenvalue weighted by molar-refractivity contribution is 9.12. The Kier molecular flexibility index (Phi) is 5.25. The fourth-order valence-electron chi connectivity index (χ4n) is 0.910. The first-order valence-corrected chi connectivity index (χ1v) is 6.70. The number of halogens is 2. The minimum atomic E-state index is -0.0901. The van der Waals surface area contributed by atoms with Gasteiger partial charge in [-0.2, -0.15) is 0 Å². The van der Waals surface area contributed by atoms with Crippen molar-refractivity contribution >= 4 is 49.1 Å². The summed E-state index contributed by atoms with van der Waals surface area (Å²) in [5, 5.41) is 2.80. The lowest BCUT2D eigenvalue weighted by Gasteiger charge is -2.10. The number of rotatable bonds is 4. The Labute approximate surface area is 109 Å². The van der Waals surface area contributed by atoms with Gasteiger partial charge in [-0.1, -0.05) is 0 Å². The van der Waals surface area contributed by atoms with E-state index in [1.54, 1.807) is 13.2 Å². The Morgan fingerprint density at radius 1 is 1.67 bits per heavy atom. The lowest BCUT2D eigenvalue weighted by Crippen LogP contribution is -2.31. The van der Waals surface area contributed by atoms with Crippen LogP contribution in [0.4, 0.5) is 0 Å². The van der Waals surface area contributed by atoms with Crippen LogP contribution in [0.1, 0.15) is 17.3 Å². The van der Waals surface area contributed by atoms with Crippen LogP contribution in [-0.2, 0) is 4.74 Å². The zero-order valence-electron chi connectivity index (χ0n) is 8.34. The lowest BCUT2D eigenvalue weighted by molar-refractivity contribution is 0.0870. The molecule has 0 saturated heterocycles. The summed E-state index contributed by atoms with van der Waals surface area (Å²) in [6.07, 6.45) is 0.0230. The van der Waals surface area contributed by atoms with E-state index in [0.29, 0.717) is 12.1 Å². The standard InChI is InChI=1S/C9H11Br2NO2S/c1-5(14-2)4-12-9(13)6-3-7(10)15-8(6)11/h3,5H,4H2,1-2H3,(H,12,13). The summed E-state index contributed by atoms with van der Waals surface area (Å²) in [5.41, 5.74) is 0.648. The lowest BCUT2D eigenvalue weighted by atomic mass is 10.3. The van der Waals surface area contributed by atoms with E-state index in [1.165, 1.54) is 11.3 Å². The number of thiophene rings is 1. The number of methoxy groups -OCH3 is 1. The number of nitrogens with one attached hydrogen (secondary N) is 1. The van der Waals surface area contributed by atoms with Crippen LogP contribution in [0, 0.1) is 0 Å². The minimum absolute atomic E-state index is 0.0230. The van der Waals surface area contributed by atoms with E-state index in [9.17, 15) is 4.79 Å². The van der Waals surface area contributed by atoms with Gasteiger partial charge in [0.25, 0.3) is 5.91 Å². The second kappa shape index (κ2) is 5.98. The van der Waals surface area contributed by atoms with Gasteiger partial charge in [-0.3, -0.25) is 4.79 Å². The maximum absolute atomic E-state index is 11.7. The van der Waals surface area contributed by atoms with Gasteiger partial charge in [0.1, 0.15) is 0 Å². The molecule has 1 N–H and O–H groups in total. The molecule has 0 saturated carbocycles. The van der Waals surface area contributed by atoms with Crippen LogP contribution in [0.5, 0.6) is 0 Å². The first kappa shape index (κ1) is 13.2. The van der Waals surface area contributed by atoms with Crippen molar-refractivity contribution in [2.45, 2.75) is 13.0 Å². The molecule has 0 aliphatic carbocycles. The third-order valence-corrected chi connectivity index (χ3v) is 4.19. The summed E-state index contributed by atoms with van der Waals surface area (Å²) < 4.78 is 6.80. The van der Waals surface area contributed by atoms with Gasteiger partial charge in [0.2, 0.25) is 0 Å². The molecule has 1 amide bonds. The first-order valence-electron chi connectivity index (χ1n) is 4.30. The third kappa shape index (κ3) is 3.86. The van der Waals surface area contributed by atoms with Crippen molar-refractivity contribution in [1.29, 1.82) is 0 Å². The van der Waals surface area contributed by atoms with Crippen LogP contribution >= 0.6 is 43.2 Å². The van der Waals surface area contributed by atoms with Crippen LogP contribution in [0.2, 0.25) is 0 Å². The van der Waals surface area contributed by atoms with Crippen LogP contribution in [0.3, 0.4) is 0 Å². The number of carbonyl (C=O) groups excluding carboxylic acids is 1. The van der Waals surface area contributed by atoms with E-state index < -0.39 is 0 Å². The highest BCUT2D eigenvalue weighted by atomic mass is 79.9. The molecule has 6 heteroatoms. The van der Waals surface area contributed by atoms with E-state index in [4.69, 9.17) is 4.74 Å². The van der Waals surface area contributed by atoms with Crippen LogP contribution in [0.15, 0.2) is 13.6 Å². The summed E-state index contributed by atoms with van der Waals surface area (Å²) in [7, 11) is 1.62. The Balaban J connectivity index is 2.58. The second-order valence-electron chi connectivity index (χ2n) is 2.99. The molecule has 1 heterocycles. The minimum Gasteiger partial charge on any atom is -0.380 e. The fourth-order valence-corrected chi connectivity index (χ4v) is 3.70. The average molecular weight is 357 g/mol. The molecule has 0 aliphatic heterocycles. The van der Waals surface area contributed by atoms with Gasteiger partial charge >= 0.3 is 0 Å². The SMILES string of the molecule is COC(C)CNC(=O)c1cc(Br)sc1Br. The van der Waals surface area contributed by atoms with E-state index in [1.807, 2.05) is 6.92 Å². The van der Waals surface area contributed by atoms with Gasteiger partial charge in [-0.15, -0.1) is 11.3 Å². The van der Waals surface area contributed by atoms with Crippen molar-refractivity contribution in [3.05, 3.63) is 19.2 Å². The molecular weight excluding hydrogens is 346 g/mol. The molecule has 15 heavy (non-hydrogen) atoms. The molecule has 0 spiro atoms. The summed E-state index contributed by atoms with van der Waals surface area (Å²) in [5.74, 6) is -0.0901. The summed E-state index contributed by atoms with van der Waals surface area (Å²) in [6, 6.07) is 1.79. The van der Waals surface area contributed by atoms with Gasteiger partial charge < -0.3 is 10.1 Å². The molecule has 84 valence electrons. The molecule has 1 aromatic rings. The zero-order valence-corrected chi connectivity index (χ0v) is 12.3. The van der Waals surface area contributed by atoms with Gasteiger partial charge in [0.15, 0.2) is 0 Å². The van der Waals surface area contributed by atoms with Crippen LogP contribution in [-0.4, -0.2) is 25.7 Å². The first-order chi connectivity index (χ1) is 7.04. The molecule has 1 atom stereocenters. The van der Waals surface area contributed by atoms with E-state index >= 15 is 0 Å². The van der Waals surface area contributed by atoms with Crippen LogP contribution < -0.4 is 5.32 Å². The number of amides is 1. The van der Waals surface area contributed by atoms with Crippen molar-refractivity contribution in [2.24, 2.45) is 0 Å². The molecule has 0 fully saturated rings. The molecule has 0 bridgehead atoms. The predicted molar refractivity (Wildman–Crippen MR) is 68.5 cm³/mol. The monoisotopic (exact) mass is 355 g/mol. The highest BCUT2D eigenvalue weighted by Gasteiger charge is 2.13. The number of ether oxygens (including phenoxy) is 1. The van der Waals surface area contributed by atoms with Crippen LogP contribution in [0.25, 0.3) is 0 Å². The maximum Gasteiger partial charge on any atom is 0.253 e. The van der Waals surface area contributed by atoms with E-state index in [0.717, 1.165) is 7.57 Å². The van der Waals surface area contributed by atoms with Crippen molar-refractivity contribution in [1.82, 2.24) is 5.32 Å². The smallest absolute Gasteiger partial charge is 0.253 e. The average Bonchev–Trinajstić information content (AvgIpc) is 2.53. The Morgan fingerprint density at radius 3 is 2.80 bits per heavy atom. The highest BCUT2D eigenvalue weighted by Crippen LogP contribution is 2.31. The van der Waals surface area contributed by atoms with Gasteiger partial charge in [-0.05, 0) is 44.8 Å². The van der Waals surface area contributed by atoms with E-state index in [2.05, 4.69) is 37.2 Å². The molecule has 1 aromatic heterocycles. The summed E-state index contributed by atoms with van der Waals surface area (Å²) in [6.45, 7) is 2.41. The number of carbonyl (C=O) groups is 1. The summed E-state index contributed by atoms with van der Waals surface area (Å²) >= 11 is 8.15. The predicted octanol–water partition coefficient (Wildman–Crippen LogP) is 3.04. The van der Waals surface area contributed by atoms with Gasteiger partial charge in [0, 0.05) is 13.7 Å². The topological polar surface area (TPSA) is 38.3 Å². The number of hydrogen-bond acceptors (Lipinski definition) is 3. The van der Waals surface area contributed by atoms with Crippen molar-refractivity contribution in [3.8, 4) is 0 Å². The second-order valence-corrected chi connectivity index (χ2v) is 6.74. The van der Waals surface area contributed by atoms with Gasteiger partial charge in [-0.25, -0.2) is 0 Å². The quantitative estimate of drug-likeness (QED) is 0.900. The van der Waals surface area contributed by atoms with Crippen molar-refractivity contribution < 1.29 is 9.53 Å². The number of hydrogen-bond donors (Lipinski definition) is 1. The third-order valence-electron chi connectivity index (χ3n) is 1.85. The zero-order chi connectivity index (χ0) is 11.4. The largest absolute Gasteiger partial charge is 0.380 e. The molecule has 1 unspecified atom stereocenters.